The van der Waals surface area contributed by atoms with Crippen LogP contribution in [0.4, 0.5) is 0 Å². The number of rotatable bonds is 3. The smallest absolute Gasteiger partial charge is 0.0193 e. The van der Waals surface area contributed by atoms with Gasteiger partial charge in [-0.3, -0.25) is 0 Å². The molecule has 1 aromatic rings. The van der Waals surface area contributed by atoms with Crippen LogP contribution in [-0.2, 0) is 6.42 Å². The highest BCUT2D eigenvalue weighted by atomic mass is 32.1. The van der Waals surface area contributed by atoms with Gasteiger partial charge in [0.25, 0.3) is 0 Å². The molecular formula is C18H34S. The first-order valence-corrected chi connectivity index (χ1v) is 8.16. The number of unbranched alkanes of at least 4 members (excludes halogenated alkanes) is 1. The van der Waals surface area contributed by atoms with Crippen LogP contribution in [0.5, 0.6) is 0 Å². The van der Waals surface area contributed by atoms with Crippen molar-refractivity contribution < 1.29 is 0 Å². The average Bonchev–Trinajstić information content (AvgIpc) is 2.51. The monoisotopic (exact) mass is 282 g/mol. The highest BCUT2D eigenvalue weighted by Crippen LogP contribution is 2.05. The van der Waals surface area contributed by atoms with Crippen LogP contribution in [-0.4, -0.2) is 4.86 Å². The van der Waals surface area contributed by atoms with Gasteiger partial charge < -0.3 is 0 Å². The second-order valence-corrected chi connectivity index (χ2v) is 4.22. The van der Waals surface area contributed by atoms with Crippen molar-refractivity contribution >= 4 is 17.1 Å². The number of aryl methyl sites for hydroxylation is 1. The number of hydrogen-bond donors (Lipinski definition) is 0. The quantitative estimate of drug-likeness (QED) is 0.431. The first-order valence-electron chi connectivity index (χ1n) is 7.75. The lowest BCUT2D eigenvalue weighted by atomic mass is 10.1. The molecule has 0 bridgehead atoms. The Balaban J connectivity index is -0.000000271. The first-order chi connectivity index (χ1) is 9.15. The van der Waals surface area contributed by atoms with Crippen LogP contribution in [0.25, 0.3) is 0 Å². The van der Waals surface area contributed by atoms with E-state index in [2.05, 4.69) is 45.0 Å². The summed E-state index contributed by atoms with van der Waals surface area (Å²) in [5, 5.41) is 0. The molecule has 0 aliphatic rings. The third kappa shape index (κ3) is 15.3. The Kier molecular flexibility index (Phi) is 24.2. The molecule has 0 saturated carbocycles. The lowest BCUT2D eigenvalue weighted by Crippen LogP contribution is -1.89. The summed E-state index contributed by atoms with van der Waals surface area (Å²) in [6.45, 7) is 16.5. The van der Waals surface area contributed by atoms with E-state index < -0.39 is 0 Å². The van der Waals surface area contributed by atoms with Gasteiger partial charge in [0, 0.05) is 4.86 Å². The highest BCUT2D eigenvalue weighted by Gasteiger charge is 1.93. The van der Waals surface area contributed by atoms with Gasteiger partial charge >= 0.3 is 0 Å². The molecule has 1 aromatic carbocycles. The zero-order chi connectivity index (χ0) is 15.7. The van der Waals surface area contributed by atoms with Crippen molar-refractivity contribution in [2.75, 3.05) is 0 Å². The van der Waals surface area contributed by atoms with Crippen LogP contribution in [0, 0.1) is 0 Å². The van der Waals surface area contributed by atoms with Gasteiger partial charge in [0.05, 0.1) is 0 Å². The molecule has 1 heteroatoms. The Morgan fingerprint density at radius 3 is 1.42 bits per heavy atom. The summed E-state index contributed by atoms with van der Waals surface area (Å²) in [6, 6.07) is 8.43. The predicted octanol–water partition coefficient (Wildman–Crippen LogP) is 6.85. The van der Waals surface area contributed by atoms with Crippen molar-refractivity contribution in [2.24, 2.45) is 0 Å². The number of benzene rings is 1. The molecule has 0 nitrogen and oxygen atoms in total. The van der Waals surface area contributed by atoms with Gasteiger partial charge in [-0.15, -0.1) is 0 Å². The second kappa shape index (κ2) is 19.6. The molecule has 0 saturated heterocycles. The van der Waals surface area contributed by atoms with E-state index in [9.17, 15) is 0 Å². The Morgan fingerprint density at radius 1 is 0.842 bits per heavy atom. The molecule has 0 radical (unpaired) electrons. The lowest BCUT2D eigenvalue weighted by Gasteiger charge is -1.98. The SMILES string of the molecule is CC.CC.CCCC.CCc1ccc(C(C)=S)cc1. The first kappa shape index (κ1) is 23.4. The Hall–Kier alpha value is -0.690. The third-order valence-electron chi connectivity index (χ3n) is 2.27. The summed E-state index contributed by atoms with van der Waals surface area (Å²) in [4.78, 5) is 0.965. The van der Waals surface area contributed by atoms with Crippen LogP contribution in [0.2, 0.25) is 0 Å². The summed E-state index contributed by atoms with van der Waals surface area (Å²) in [5.74, 6) is 0. The van der Waals surface area contributed by atoms with Gasteiger partial charge in [-0.2, -0.15) is 0 Å². The lowest BCUT2D eigenvalue weighted by molar-refractivity contribution is 0.886. The summed E-state index contributed by atoms with van der Waals surface area (Å²) >= 11 is 5.04. The van der Waals surface area contributed by atoms with Crippen LogP contribution in [0.1, 0.15) is 79.4 Å². The fraction of sp³-hybridized carbons (Fsp3) is 0.611. The van der Waals surface area contributed by atoms with Crippen LogP contribution < -0.4 is 0 Å². The van der Waals surface area contributed by atoms with E-state index in [0.717, 1.165) is 16.8 Å². The molecule has 0 aliphatic heterocycles. The predicted molar refractivity (Wildman–Crippen MR) is 96.5 cm³/mol. The molecule has 0 fully saturated rings. The molecule has 0 amide bonds. The van der Waals surface area contributed by atoms with E-state index >= 15 is 0 Å². The third-order valence-corrected chi connectivity index (χ3v) is 2.50. The largest absolute Gasteiger partial charge is 0.0846 e. The molecule has 1 rings (SSSR count). The normalized spacial score (nSPS) is 7.79. The van der Waals surface area contributed by atoms with E-state index in [1.54, 1.807) is 0 Å². The summed E-state index contributed by atoms with van der Waals surface area (Å²) in [6.07, 6.45) is 3.73. The van der Waals surface area contributed by atoms with Gasteiger partial charge in [-0.1, -0.05) is 97.8 Å². The van der Waals surface area contributed by atoms with Crippen molar-refractivity contribution in [3.05, 3.63) is 35.4 Å². The highest BCUT2D eigenvalue weighted by molar-refractivity contribution is 7.80. The molecule has 0 heterocycles. The van der Waals surface area contributed by atoms with Crippen molar-refractivity contribution in [2.45, 2.75) is 74.7 Å². The Morgan fingerprint density at radius 2 is 1.21 bits per heavy atom. The van der Waals surface area contributed by atoms with E-state index in [1.165, 1.54) is 18.4 Å². The van der Waals surface area contributed by atoms with E-state index in [4.69, 9.17) is 12.2 Å². The summed E-state index contributed by atoms with van der Waals surface area (Å²) < 4.78 is 0. The van der Waals surface area contributed by atoms with Crippen molar-refractivity contribution in [1.29, 1.82) is 0 Å². The number of thiocarbonyl (C=S) groups is 1. The Bertz CT molecular complexity index is 270. The summed E-state index contributed by atoms with van der Waals surface area (Å²) in [7, 11) is 0. The van der Waals surface area contributed by atoms with Crippen molar-refractivity contribution in [3.8, 4) is 0 Å². The minimum absolute atomic E-state index is 0.965. The average molecular weight is 283 g/mol. The molecule has 0 unspecified atom stereocenters. The summed E-state index contributed by atoms with van der Waals surface area (Å²) in [5.41, 5.74) is 2.53. The van der Waals surface area contributed by atoms with E-state index in [1.807, 2.05) is 34.6 Å². The molecular weight excluding hydrogens is 248 g/mol. The van der Waals surface area contributed by atoms with Gasteiger partial charge in [-0.05, 0) is 24.5 Å². The van der Waals surface area contributed by atoms with E-state index in [0.29, 0.717) is 0 Å². The fourth-order valence-electron chi connectivity index (χ4n) is 0.975. The maximum absolute atomic E-state index is 5.04. The van der Waals surface area contributed by atoms with Gasteiger partial charge in [0.1, 0.15) is 0 Å². The fourth-order valence-corrected chi connectivity index (χ4v) is 1.11. The zero-order valence-corrected chi connectivity index (χ0v) is 15.2. The van der Waals surface area contributed by atoms with Gasteiger partial charge in [0.2, 0.25) is 0 Å². The molecule has 0 atom stereocenters. The van der Waals surface area contributed by atoms with Crippen molar-refractivity contribution in [3.63, 3.8) is 0 Å². The molecule has 0 aromatic heterocycles. The minimum atomic E-state index is 0.965. The molecule has 19 heavy (non-hydrogen) atoms. The number of hydrogen-bond acceptors (Lipinski definition) is 1. The van der Waals surface area contributed by atoms with Gasteiger partial charge in [-0.25, -0.2) is 0 Å². The van der Waals surface area contributed by atoms with Crippen LogP contribution >= 0.6 is 12.2 Å². The molecule has 112 valence electrons. The van der Waals surface area contributed by atoms with Crippen LogP contribution in [0.3, 0.4) is 0 Å². The van der Waals surface area contributed by atoms with Crippen LogP contribution in [0.15, 0.2) is 24.3 Å². The second-order valence-electron chi connectivity index (χ2n) is 3.61. The molecule has 0 aliphatic carbocycles. The Labute approximate surface area is 127 Å². The van der Waals surface area contributed by atoms with E-state index in [-0.39, 0.29) is 0 Å². The van der Waals surface area contributed by atoms with Gasteiger partial charge in [0.15, 0.2) is 0 Å². The zero-order valence-electron chi connectivity index (χ0n) is 14.3. The molecule has 0 N–H and O–H groups in total. The maximum atomic E-state index is 5.04. The maximum Gasteiger partial charge on any atom is 0.0193 e. The van der Waals surface area contributed by atoms with Crippen molar-refractivity contribution in [1.82, 2.24) is 0 Å². The standard InChI is InChI=1S/C10H12S.C4H10.2C2H6/c1-3-9-4-6-10(7-5-9)8(2)11;1-3-4-2;2*1-2/h4-7H,3H2,1-2H3;3-4H2,1-2H3;2*1-2H3. The topological polar surface area (TPSA) is 0 Å². The molecule has 0 spiro atoms. The minimum Gasteiger partial charge on any atom is -0.0846 e.